The van der Waals surface area contributed by atoms with E-state index in [1.807, 2.05) is 30.6 Å². The Hall–Kier alpha value is -1.19. The maximum absolute atomic E-state index is 12.0. The zero-order valence-electron chi connectivity index (χ0n) is 9.32. The first-order valence-corrected chi connectivity index (χ1v) is 6.35. The molecule has 0 amide bonds. The van der Waals surface area contributed by atoms with Crippen LogP contribution in [-0.4, -0.2) is 19.4 Å². The normalized spacial score (nSPS) is 10.8. The van der Waals surface area contributed by atoms with Gasteiger partial charge >= 0.3 is 0 Å². The molecule has 3 heteroatoms. The first-order valence-electron chi connectivity index (χ1n) is 5.47. The summed E-state index contributed by atoms with van der Waals surface area (Å²) < 4.78 is 1.19. The second-order valence-corrected chi connectivity index (χ2v) is 4.69. The maximum Gasteiger partial charge on any atom is 0.164 e. The van der Waals surface area contributed by atoms with Crippen LogP contribution in [-0.2, 0) is 0 Å². The molecule has 84 valence electrons. The molecule has 0 aliphatic carbocycles. The summed E-state index contributed by atoms with van der Waals surface area (Å²) in [6.45, 7) is 0.897. The zero-order chi connectivity index (χ0) is 11.4. The second-order valence-electron chi connectivity index (χ2n) is 3.78. The lowest BCUT2D eigenvalue weighted by atomic mass is 10.1. The highest BCUT2D eigenvalue weighted by atomic mass is 32.1. The Bertz CT molecular complexity index is 489. The third-order valence-electron chi connectivity index (χ3n) is 2.61. The molecule has 0 aliphatic rings. The minimum absolute atomic E-state index is 0.257. The molecule has 16 heavy (non-hydrogen) atoms. The molecule has 2 aromatic rings. The molecule has 1 aromatic carbocycles. The predicted octanol–water partition coefficient (Wildman–Crippen LogP) is 3.08. The van der Waals surface area contributed by atoms with E-state index in [-0.39, 0.29) is 5.78 Å². The lowest BCUT2D eigenvalue weighted by Crippen LogP contribution is -2.09. The molecule has 2 rings (SSSR count). The highest BCUT2D eigenvalue weighted by Gasteiger charge is 2.10. The van der Waals surface area contributed by atoms with Crippen molar-refractivity contribution in [2.24, 2.45) is 0 Å². The minimum Gasteiger partial charge on any atom is -0.320 e. The fourth-order valence-corrected chi connectivity index (χ4v) is 2.72. The van der Waals surface area contributed by atoms with Gasteiger partial charge in [0, 0.05) is 27.5 Å². The van der Waals surface area contributed by atoms with Crippen LogP contribution in [0, 0.1) is 0 Å². The SMILES string of the molecule is CNCCCC(=O)c1csc2ccccc12. The Balaban J connectivity index is 2.17. The van der Waals surface area contributed by atoms with Crippen molar-refractivity contribution in [2.75, 3.05) is 13.6 Å². The summed E-state index contributed by atoms with van der Waals surface area (Å²) in [5.74, 6) is 0.257. The third kappa shape index (κ3) is 2.31. The molecule has 1 N–H and O–H groups in total. The topological polar surface area (TPSA) is 29.1 Å². The number of rotatable bonds is 5. The number of benzene rings is 1. The van der Waals surface area contributed by atoms with E-state index in [0.29, 0.717) is 6.42 Å². The van der Waals surface area contributed by atoms with Gasteiger partial charge < -0.3 is 5.32 Å². The van der Waals surface area contributed by atoms with Crippen LogP contribution in [0.15, 0.2) is 29.6 Å². The van der Waals surface area contributed by atoms with Crippen LogP contribution in [0.2, 0.25) is 0 Å². The number of carbonyl (C=O) groups is 1. The first kappa shape index (κ1) is 11.3. The Kier molecular flexibility index (Phi) is 3.70. The molecule has 0 unspecified atom stereocenters. The Morgan fingerprint density at radius 1 is 1.38 bits per heavy atom. The summed E-state index contributed by atoms with van der Waals surface area (Å²) in [5, 5.41) is 6.13. The average molecular weight is 233 g/mol. The number of thiophene rings is 1. The van der Waals surface area contributed by atoms with Crippen LogP contribution >= 0.6 is 11.3 Å². The summed E-state index contributed by atoms with van der Waals surface area (Å²) in [6, 6.07) is 8.08. The van der Waals surface area contributed by atoms with Gasteiger partial charge in [0.1, 0.15) is 0 Å². The van der Waals surface area contributed by atoms with E-state index in [2.05, 4.69) is 11.4 Å². The molecule has 0 radical (unpaired) electrons. The molecule has 1 aromatic heterocycles. The first-order chi connectivity index (χ1) is 7.83. The van der Waals surface area contributed by atoms with Gasteiger partial charge in [-0.25, -0.2) is 0 Å². The molecule has 0 aliphatic heterocycles. The highest BCUT2D eigenvalue weighted by molar-refractivity contribution is 7.17. The monoisotopic (exact) mass is 233 g/mol. The number of carbonyl (C=O) groups excluding carboxylic acids is 1. The summed E-state index contributed by atoms with van der Waals surface area (Å²) >= 11 is 1.65. The highest BCUT2D eigenvalue weighted by Crippen LogP contribution is 2.26. The summed E-state index contributed by atoms with van der Waals surface area (Å²) in [4.78, 5) is 12.0. The Labute approximate surface area is 99.3 Å². The molecule has 0 saturated carbocycles. The standard InChI is InChI=1S/C13H15NOS/c1-14-8-4-6-12(15)11-9-16-13-7-3-2-5-10(11)13/h2-3,5,7,9,14H,4,6,8H2,1H3. The molecule has 0 fully saturated rings. The Morgan fingerprint density at radius 2 is 2.19 bits per heavy atom. The average Bonchev–Trinajstić information content (AvgIpc) is 2.73. The van der Waals surface area contributed by atoms with E-state index in [9.17, 15) is 4.79 Å². The molecule has 1 heterocycles. The molecular weight excluding hydrogens is 218 g/mol. The van der Waals surface area contributed by atoms with Crippen LogP contribution < -0.4 is 5.32 Å². The minimum atomic E-state index is 0.257. The van der Waals surface area contributed by atoms with E-state index in [4.69, 9.17) is 0 Å². The van der Waals surface area contributed by atoms with Crippen molar-refractivity contribution in [1.82, 2.24) is 5.32 Å². The molecule has 0 spiro atoms. The summed E-state index contributed by atoms with van der Waals surface area (Å²) in [7, 11) is 1.91. The number of nitrogens with one attached hydrogen (secondary N) is 1. The Morgan fingerprint density at radius 3 is 3.00 bits per heavy atom. The van der Waals surface area contributed by atoms with E-state index < -0.39 is 0 Å². The quantitative estimate of drug-likeness (QED) is 0.635. The molecule has 0 saturated heterocycles. The van der Waals surface area contributed by atoms with E-state index >= 15 is 0 Å². The van der Waals surface area contributed by atoms with Gasteiger partial charge in [0.2, 0.25) is 0 Å². The zero-order valence-corrected chi connectivity index (χ0v) is 10.1. The largest absolute Gasteiger partial charge is 0.320 e. The van der Waals surface area contributed by atoms with Gasteiger partial charge in [-0.3, -0.25) is 4.79 Å². The summed E-state index contributed by atoms with van der Waals surface area (Å²) in [5.41, 5.74) is 0.886. The fraction of sp³-hybridized carbons (Fsp3) is 0.308. The van der Waals surface area contributed by atoms with Crippen LogP contribution in [0.5, 0.6) is 0 Å². The smallest absolute Gasteiger partial charge is 0.164 e. The van der Waals surface area contributed by atoms with Crippen molar-refractivity contribution in [3.63, 3.8) is 0 Å². The fourth-order valence-electron chi connectivity index (χ4n) is 1.75. The van der Waals surface area contributed by atoms with Gasteiger partial charge in [0.05, 0.1) is 0 Å². The number of Topliss-reactive ketones (excluding diaryl/α,β-unsaturated/α-hetero) is 1. The molecule has 0 atom stereocenters. The third-order valence-corrected chi connectivity index (χ3v) is 3.58. The van der Waals surface area contributed by atoms with Gasteiger partial charge in [-0.05, 0) is 26.1 Å². The van der Waals surface area contributed by atoms with Crippen molar-refractivity contribution in [3.8, 4) is 0 Å². The summed E-state index contributed by atoms with van der Waals surface area (Å²) in [6.07, 6.45) is 1.53. The van der Waals surface area contributed by atoms with Gasteiger partial charge in [-0.2, -0.15) is 0 Å². The van der Waals surface area contributed by atoms with Crippen LogP contribution in [0.1, 0.15) is 23.2 Å². The van der Waals surface area contributed by atoms with E-state index in [1.54, 1.807) is 11.3 Å². The van der Waals surface area contributed by atoms with E-state index in [1.165, 1.54) is 4.70 Å². The maximum atomic E-state index is 12.0. The van der Waals surface area contributed by atoms with Gasteiger partial charge in [0.25, 0.3) is 0 Å². The van der Waals surface area contributed by atoms with Crippen molar-refractivity contribution < 1.29 is 4.79 Å². The van der Waals surface area contributed by atoms with Crippen molar-refractivity contribution in [2.45, 2.75) is 12.8 Å². The van der Waals surface area contributed by atoms with E-state index in [0.717, 1.165) is 23.9 Å². The lowest BCUT2D eigenvalue weighted by molar-refractivity contribution is 0.0982. The molecule has 0 bridgehead atoms. The van der Waals surface area contributed by atoms with Crippen molar-refractivity contribution in [3.05, 3.63) is 35.2 Å². The van der Waals surface area contributed by atoms with Crippen LogP contribution in [0.3, 0.4) is 0 Å². The lowest BCUT2D eigenvalue weighted by Gasteiger charge is -1.99. The molecule has 2 nitrogen and oxygen atoms in total. The number of ketones is 1. The van der Waals surface area contributed by atoms with Gasteiger partial charge in [0.15, 0.2) is 5.78 Å². The van der Waals surface area contributed by atoms with Gasteiger partial charge in [-0.15, -0.1) is 11.3 Å². The number of hydrogen-bond acceptors (Lipinski definition) is 3. The number of hydrogen-bond donors (Lipinski definition) is 1. The van der Waals surface area contributed by atoms with Crippen LogP contribution in [0.4, 0.5) is 0 Å². The second kappa shape index (κ2) is 5.23. The van der Waals surface area contributed by atoms with Crippen LogP contribution in [0.25, 0.3) is 10.1 Å². The van der Waals surface area contributed by atoms with Gasteiger partial charge in [-0.1, -0.05) is 18.2 Å². The van der Waals surface area contributed by atoms with Crippen molar-refractivity contribution >= 4 is 27.2 Å². The number of fused-ring (bicyclic) bond motifs is 1. The molecular formula is C13H15NOS. The predicted molar refractivity (Wildman–Crippen MR) is 69.3 cm³/mol. The van der Waals surface area contributed by atoms with Crippen molar-refractivity contribution in [1.29, 1.82) is 0 Å².